The molecule has 1 heterocycles. The number of nitrogens with zero attached hydrogens (tertiary/aromatic N) is 2. The molecule has 0 spiro atoms. The Bertz CT molecular complexity index is 304. The Labute approximate surface area is 106 Å². The Kier molecular flexibility index (Phi) is 6.94. The third kappa shape index (κ3) is 5.87. The molecular weight excluding hydrogens is 210 g/mol. The van der Waals surface area contributed by atoms with Gasteiger partial charge in [0, 0.05) is 13.6 Å². The fraction of sp³-hybridized carbons (Fsp3) is 0.786. The topological polar surface area (TPSA) is 29.9 Å². The van der Waals surface area contributed by atoms with E-state index in [0.29, 0.717) is 0 Å². The highest BCUT2D eigenvalue weighted by molar-refractivity contribution is 5.08. The summed E-state index contributed by atoms with van der Waals surface area (Å²) >= 11 is 0. The average Bonchev–Trinajstić information content (AvgIpc) is 2.61. The van der Waals surface area contributed by atoms with Crippen LogP contribution in [0.1, 0.15) is 56.8 Å². The first kappa shape index (κ1) is 14.2. The van der Waals surface area contributed by atoms with Crippen LogP contribution in [0.5, 0.6) is 0 Å². The number of hydrogen-bond acceptors (Lipinski definition) is 2. The van der Waals surface area contributed by atoms with Crippen molar-refractivity contribution in [3.05, 3.63) is 17.5 Å². The van der Waals surface area contributed by atoms with E-state index < -0.39 is 0 Å². The van der Waals surface area contributed by atoms with Gasteiger partial charge in [0.25, 0.3) is 0 Å². The first-order valence-corrected chi connectivity index (χ1v) is 6.94. The molecule has 0 unspecified atom stereocenters. The van der Waals surface area contributed by atoms with E-state index in [1.807, 2.05) is 18.7 Å². The van der Waals surface area contributed by atoms with Crippen LogP contribution in [0.3, 0.4) is 0 Å². The molecule has 0 saturated carbocycles. The molecular formula is C14H27N3. The van der Waals surface area contributed by atoms with Gasteiger partial charge in [-0.2, -0.15) is 5.10 Å². The van der Waals surface area contributed by atoms with E-state index in [2.05, 4.69) is 23.4 Å². The Morgan fingerprint density at radius 3 is 2.53 bits per heavy atom. The molecule has 3 nitrogen and oxygen atoms in total. The molecule has 0 amide bonds. The van der Waals surface area contributed by atoms with Crippen molar-refractivity contribution in [2.45, 2.75) is 58.9 Å². The normalized spacial score (nSPS) is 11.0. The highest BCUT2D eigenvalue weighted by Crippen LogP contribution is 2.05. The zero-order chi connectivity index (χ0) is 12.5. The van der Waals surface area contributed by atoms with Gasteiger partial charge in [0.2, 0.25) is 0 Å². The fourth-order valence-corrected chi connectivity index (χ4v) is 2.08. The Hall–Kier alpha value is -0.830. The zero-order valence-corrected chi connectivity index (χ0v) is 11.6. The maximum Gasteiger partial charge on any atom is 0.0597 e. The molecule has 1 rings (SSSR count). The molecule has 0 atom stereocenters. The van der Waals surface area contributed by atoms with Crippen molar-refractivity contribution in [2.75, 3.05) is 6.54 Å². The number of aryl methyl sites for hydroxylation is 2. The Morgan fingerprint density at radius 2 is 1.88 bits per heavy atom. The largest absolute Gasteiger partial charge is 0.311 e. The predicted octanol–water partition coefficient (Wildman–Crippen LogP) is 3.18. The molecule has 1 aromatic rings. The lowest BCUT2D eigenvalue weighted by Crippen LogP contribution is -2.16. The zero-order valence-electron chi connectivity index (χ0n) is 11.6. The molecule has 0 fully saturated rings. The van der Waals surface area contributed by atoms with Crippen LogP contribution in [0.15, 0.2) is 6.07 Å². The van der Waals surface area contributed by atoms with E-state index >= 15 is 0 Å². The van der Waals surface area contributed by atoms with Crippen molar-refractivity contribution in [1.29, 1.82) is 0 Å². The van der Waals surface area contributed by atoms with Gasteiger partial charge < -0.3 is 5.32 Å². The molecule has 0 aliphatic heterocycles. The van der Waals surface area contributed by atoms with Gasteiger partial charge in [0.05, 0.1) is 11.4 Å². The first-order valence-electron chi connectivity index (χ1n) is 6.94. The van der Waals surface area contributed by atoms with Gasteiger partial charge in [-0.1, -0.05) is 39.0 Å². The predicted molar refractivity (Wildman–Crippen MR) is 73.0 cm³/mol. The van der Waals surface area contributed by atoms with Gasteiger partial charge in [-0.3, -0.25) is 4.68 Å². The maximum atomic E-state index is 4.34. The average molecular weight is 237 g/mol. The van der Waals surface area contributed by atoms with Crippen molar-refractivity contribution in [3.63, 3.8) is 0 Å². The number of unbranched alkanes of at least 4 members (excludes halogenated alkanes) is 5. The van der Waals surface area contributed by atoms with Gasteiger partial charge in [0.1, 0.15) is 0 Å². The highest BCUT2D eigenvalue weighted by Gasteiger charge is 2.00. The third-order valence-electron chi connectivity index (χ3n) is 3.11. The molecule has 0 bridgehead atoms. The summed E-state index contributed by atoms with van der Waals surface area (Å²) < 4.78 is 1.96. The quantitative estimate of drug-likeness (QED) is 0.669. The second-order valence-corrected chi connectivity index (χ2v) is 4.85. The van der Waals surface area contributed by atoms with E-state index in [1.54, 1.807) is 0 Å². The van der Waals surface area contributed by atoms with Crippen LogP contribution >= 0.6 is 0 Å². The van der Waals surface area contributed by atoms with Crippen LogP contribution in [0.2, 0.25) is 0 Å². The van der Waals surface area contributed by atoms with Crippen LogP contribution in [-0.2, 0) is 13.6 Å². The minimum Gasteiger partial charge on any atom is -0.311 e. The minimum absolute atomic E-state index is 0.937. The monoisotopic (exact) mass is 237 g/mol. The van der Waals surface area contributed by atoms with Crippen molar-refractivity contribution >= 4 is 0 Å². The molecule has 0 radical (unpaired) electrons. The van der Waals surface area contributed by atoms with Crippen LogP contribution in [0, 0.1) is 6.92 Å². The number of rotatable bonds is 9. The van der Waals surface area contributed by atoms with Crippen LogP contribution in [-0.4, -0.2) is 16.3 Å². The number of hydrogen-bond donors (Lipinski definition) is 1. The van der Waals surface area contributed by atoms with E-state index in [0.717, 1.165) is 18.8 Å². The molecule has 0 aliphatic carbocycles. The lowest BCUT2D eigenvalue weighted by molar-refractivity contribution is 0.559. The maximum absolute atomic E-state index is 4.34. The summed E-state index contributed by atoms with van der Waals surface area (Å²) in [6, 6.07) is 2.15. The van der Waals surface area contributed by atoms with E-state index in [1.165, 1.54) is 44.2 Å². The van der Waals surface area contributed by atoms with Crippen molar-refractivity contribution < 1.29 is 0 Å². The molecule has 0 aromatic carbocycles. The highest BCUT2D eigenvalue weighted by atomic mass is 15.3. The fourth-order valence-electron chi connectivity index (χ4n) is 2.08. The molecule has 3 heteroatoms. The third-order valence-corrected chi connectivity index (χ3v) is 3.11. The molecule has 0 aliphatic rings. The van der Waals surface area contributed by atoms with E-state index in [9.17, 15) is 0 Å². The SMILES string of the molecule is CCCCCCCCNCc1cc(C)nn1C. The van der Waals surface area contributed by atoms with Crippen molar-refractivity contribution in [2.24, 2.45) is 7.05 Å². The summed E-state index contributed by atoms with van der Waals surface area (Å²) in [6.07, 6.45) is 8.16. The summed E-state index contributed by atoms with van der Waals surface area (Å²) in [5.41, 5.74) is 2.37. The van der Waals surface area contributed by atoms with E-state index in [-0.39, 0.29) is 0 Å². The second-order valence-electron chi connectivity index (χ2n) is 4.85. The van der Waals surface area contributed by atoms with E-state index in [4.69, 9.17) is 0 Å². The second kappa shape index (κ2) is 8.29. The lowest BCUT2D eigenvalue weighted by Gasteiger charge is -2.05. The smallest absolute Gasteiger partial charge is 0.0597 e. The summed E-state index contributed by atoms with van der Waals surface area (Å²) in [7, 11) is 2.01. The summed E-state index contributed by atoms with van der Waals surface area (Å²) in [4.78, 5) is 0. The van der Waals surface area contributed by atoms with Crippen LogP contribution in [0.4, 0.5) is 0 Å². The van der Waals surface area contributed by atoms with Gasteiger partial charge in [-0.15, -0.1) is 0 Å². The lowest BCUT2D eigenvalue weighted by atomic mass is 10.1. The molecule has 1 N–H and O–H groups in total. The molecule has 98 valence electrons. The standard InChI is InChI=1S/C14H27N3/c1-4-5-6-7-8-9-10-15-12-14-11-13(2)16-17(14)3/h11,15H,4-10,12H2,1-3H3. The van der Waals surface area contributed by atoms with Crippen molar-refractivity contribution in [3.8, 4) is 0 Å². The molecule has 1 aromatic heterocycles. The van der Waals surface area contributed by atoms with Crippen LogP contribution in [0.25, 0.3) is 0 Å². The Balaban J connectivity index is 1.99. The van der Waals surface area contributed by atoms with Gasteiger partial charge in [-0.25, -0.2) is 0 Å². The number of aromatic nitrogens is 2. The van der Waals surface area contributed by atoms with Gasteiger partial charge >= 0.3 is 0 Å². The van der Waals surface area contributed by atoms with Crippen molar-refractivity contribution in [1.82, 2.24) is 15.1 Å². The molecule has 17 heavy (non-hydrogen) atoms. The minimum atomic E-state index is 0.937. The molecule has 0 saturated heterocycles. The summed E-state index contributed by atoms with van der Waals surface area (Å²) in [5.74, 6) is 0. The number of nitrogens with one attached hydrogen (secondary N) is 1. The summed E-state index contributed by atoms with van der Waals surface area (Å²) in [6.45, 7) is 6.36. The Morgan fingerprint density at radius 1 is 1.18 bits per heavy atom. The van der Waals surface area contributed by atoms with Gasteiger partial charge in [-0.05, 0) is 26.0 Å². The summed E-state index contributed by atoms with van der Waals surface area (Å²) in [5, 5.41) is 7.82. The van der Waals surface area contributed by atoms with Gasteiger partial charge in [0.15, 0.2) is 0 Å². The first-order chi connectivity index (χ1) is 8.24. The van der Waals surface area contributed by atoms with Crippen LogP contribution < -0.4 is 5.32 Å².